The van der Waals surface area contributed by atoms with Gasteiger partial charge < -0.3 is 15.6 Å². The lowest BCUT2D eigenvalue weighted by atomic mass is 10.1. The largest absolute Gasteiger partial charge is 0.390 e. The van der Waals surface area contributed by atoms with Crippen molar-refractivity contribution in [3.8, 4) is 0 Å². The van der Waals surface area contributed by atoms with Gasteiger partial charge in [0.25, 0.3) is 0 Å². The fourth-order valence-electron chi connectivity index (χ4n) is 1.29. The van der Waals surface area contributed by atoms with Crippen molar-refractivity contribution >= 4 is 5.82 Å². The number of azide groups is 1. The standard InChI is InChI=1S/C9H14N6O2/c10-14-8-3-1-2-6(13-8)9(17)7(16)4-5-12-15-11/h1-3,7,9,16-17H,4-5,10H2,(H,13,14). The minimum atomic E-state index is -1.14. The van der Waals surface area contributed by atoms with Crippen LogP contribution in [0.3, 0.4) is 0 Å². The second kappa shape index (κ2) is 6.66. The molecule has 5 N–H and O–H groups in total. The van der Waals surface area contributed by atoms with Gasteiger partial charge in [-0.15, -0.1) is 0 Å². The van der Waals surface area contributed by atoms with Gasteiger partial charge in [0.2, 0.25) is 0 Å². The van der Waals surface area contributed by atoms with Crippen LogP contribution in [-0.4, -0.2) is 27.8 Å². The van der Waals surface area contributed by atoms with E-state index in [-0.39, 0.29) is 13.0 Å². The number of aliphatic hydroxyl groups is 2. The molecule has 1 aromatic heterocycles. The van der Waals surface area contributed by atoms with Crippen molar-refractivity contribution in [2.45, 2.75) is 18.6 Å². The molecule has 0 saturated carbocycles. The zero-order valence-electron chi connectivity index (χ0n) is 9.06. The third-order valence-corrected chi connectivity index (χ3v) is 2.17. The van der Waals surface area contributed by atoms with E-state index in [1.807, 2.05) is 0 Å². The van der Waals surface area contributed by atoms with Crippen molar-refractivity contribution < 1.29 is 10.2 Å². The Morgan fingerprint density at radius 3 is 2.94 bits per heavy atom. The maximum absolute atomic E-state index is 9.79. The highest BCUT2D eigenvalue weighted by molar-refractivity contribution is 5.34. The van der Waals surface area contributed by atoms with Crippen molar-refractivity contribution in [3.63, 3.8) is 0 Å². The van der Waals surface area contributed by atoms with Crippen LogP contribution in [-0.2, 0) is 0 Å². The van der Waals surface area contributed by atoms with Gasteiger partial charge in [0.05, 0.1) is 11.8 Å². The van der Waals surface area contributed by atoms with E-state index in [2.05, 4.69) is 20.4 Å². The van der Waals surface area contributed by atoms with E-state index in [0.717, 1.165) is 0 Å². The van der Waals surface area contributed by atoms with Crippen LogP contribution in [0.5, 0.6) is 0 Å². The van der Waals surface area contributed by atoms with Gasteiger partial charge in [-0.1, -0.05) is 11.2 Å². The summed E-state index contributed by atoms with van der Waals surface area (Å²) in [7, 11) is 0. The normalized spacial score (nSPS) is 13.6. The second-order valence-electron chi connectivity index (χ2n) is 3.35. The highest BCUT2D eigenvalue weighted by atomic mass is 16.3. The van der Waals surface area contributed by atoms with Crippen LogP contribution >= 0.6 is 0 Å². The average Bonchev–Trinajstić information content (AvgIpc) is 2.38. The van der Waals surface area contributed by atoms with Gasteiger partial charge >= 0.3 is 0 Å². The highest BCUT2D eigenvalue weighted by Crippen LogP contribution is 2.18. The molecule has 0 aliphatic carbocycles. The third-order valence-electron chi connectivity index (χ3n) is 2.17. The molecule has 2 unspecified atom stereocenters. The number of rotatable bonds is 6. The Bertz CT molecular complexity index is 406. The van der Waals surface area contributed by atoms with E-state index in [0.29, 0.717) is 11.5 Å². The van der Waals surface area contributed by atoms with Crippen LogP contribution in [0.15, 0.2) is 23.3 Å². The van der Waals surface area contributed by atoms with E-state index >= 15 is 0 Å². The summed E-state index contributed by atoms with van der Waals surface area (Å²) in [6.07, 6.45) is -2.02. The monoisotopic (exact) mass is 238 g/mol. The Hall–Kier alpha value is -1.86. The summed E-state index contributed by atoms with van der Waals surface area (Å²) >= 11 is 0. The van der Waals surface area contributed by atoms with E-state index in [1.54, 1.807) is 18.2 Å². The molecule has 1 rings (SSSR count). The van der Waals surface area contributed by atoms with Gasteiger partial charge in [0.1, 0.15) is 11.9 Å². The third kappa shape index (κ3) is 3.89. The summed E-state index contributed by atoms with van der Waals surface area (Å²) < 4.78 is 0. The van der Waals surface area contributed by atoms with Crippen molar-refractivity contribution in [1.29, 1.82) is 0 Å². The number of hydrogen-bond acceptors (Lipinski definition) is 6. The number of aliphatic hydroxyl groups excluding tert-OH is 2. The maximum Gasteiger partial charge on any atom is 0.140 e. The molecule has 0 spiro atoms. The number of hydrazine groups is 1. The highest BCUT2D eigenvalue weighted by Gasteiger charge is 2.19. The SMILES string of the molecule is [N-]=[N+]=NCCC(O)C(O)c1cccc(NN)n1. The number of anilines is 1. The predicted octanol–water partition coefficient (Wildman–Crippen LogP) is 0.462. The first kappa shape index (κ1) is 13.2. The van der Waals surface area contributed by atoms with Crippen molar-refractivity contribution in [1.82, 2.24) is 4.98 Å². The number of hydrogen-bond donors (Lipinski definition) is 4. The molecule has 0 aliphatic heterocycles. The molecule has 0 bridgehead atoms. The Kier molecular flexibility index (Phi) is 5.18. The van der Waals surface area contributed by atoms with Crippen molar-refractivity contribution in [2.24, 2.45) is 11.0 Å². The Morgan fingerprint density at radius 1 is 1.53 bits per heavy atom. The molecule has 8 nitrogen and oxygen atoms in total. The number of nitrogens with one attached hydrogen (secondary N) is 1. The first-order chi connectivity index (χ1) is 8.19. The van der Waals surface area contributed by atoms with Gasteiger partial charge in [-0.25, -0.2) is 10.8 Å². The van der Waals surface area contributed by atoms with Crippen LogP contribution in [0.2, 0.25) is 0 Å². The lowest BCUT2D eigenvalue weighted by Crippen LogP contribution is -2.21. The number of nitrogens with two attached hydrogens (primary N) is 1. The van der Waals surface area contributed by atoms with E-state index in [9.17, 15) is 10.2 Å². The summed E-state index contributed by atoms with van der Waals surface area (Å²) in [5.41, 5.74) is 10.7. The Morgan fingerprint density at radius 2 is 2.29 bits per heavy atom. The molecule has 0 amide bonds. The number of pyridine rings is 1. The number of aromatic nitrogens is 1. The average molecular weight is 238 g/mol. The predicted molar refractivity (Wildman–Crippen MR) is 61.6 cm³/mol. The topological polar surface area (TPSA) is 140 Å². The van der Waals surface area contributed by atoms with Crippen LogP contribution < -0.4 is 11.3 Å². The van der Waals surface area contributed by atoms with E-state index in [1.165, 1.54) is 0 Å². The first-order valence-electron chi connectivity index (χ1n) is 4.99. The molecular formula is C9H14N6O2. The molecule has 0 fully saturated rings. The zero-order valence-corrected chi connectivity index (χ0v) is 9.06. The summed E-state index contributed by atoms with van der Waals surface area (Å²) in [6.45, 7) is 0.115. The number of nitrogen functional groups attached to an aromatic ring is 1. The molecule has 0 saturated heterocycles. The van der Waals surface area contributed by atoms with Crippen LogP contribution in [0.1, 0.15) is 18.2 Å². The van der Waals surface area contributed by atoms with Gasteiger partial charge in [0.15, 0.2) is 0 Å². The maximum atomic E-state index is 9.79. The van der Waals surface area contributed by atoms with Crippen molar-refractivity contribution in [2.75, 3.05) is 12.0 Å². The Labute approximate surface area is 97.7 Å². The summed E-state index contributed by atoms with van der Waals surface area (Å²) in [5.74, 6) is 5.57. The zero-order chi connectivity index (χ0) is 12.7. The number of nitrogens with zero attached hydrogens (tertiary/aromatic N) is 4. The van der Waals surface area contributed by atoms with Crippen LogP contribution in [0.25, 0.3) is 10.4 Å². The molecule has 0 aliphatic rings. The molecule has 0 radical (unpaired) electrons. The fraction of sp³-hybridized carbons (Fsp3) is 0.444. The van der Waals surface area contributed by atoms with Gasteiger partial charge in [0, 0.05) is 11.5 Å². The summed E-state index contributed by atoms with van der Waals surface area (Å²) in [5, 5.41) is 22.7. The lowest BCUT2D eigenvalue weighted by Gasteiger charge is -2.16. The smallest absolute Gasteiger partial charge is 0.140 e. The molecule has 1 aromatic rings. The molecule has 17 heavy (non-hydrogen) atoms. The summed E-state index contributed by atoms with van der Waals surface area (Å²) in [6, 6.07) is 4.85. The molecule has 92 valence electrons. The molecular weight excluding hydrogens is 224 g/mol. The lowest BCUT2D eigenvalue weighted by molar-refractivity contribution is 0.0126. The van der Waals surface area contributed by atoms with Gasteiger partial charge in [-0.3, -0.25) is 0 Å². The molecule has 2 atom stereocenters. The van der Waals surface area contributed by atoms with Crippen LogP contribution in [0, 0.1) is 0 Å². The second-order valence-corrected chi connectivity index (χ2v) is 3.35. The van der Waals surface area contributed by atoms with Crippen molar-refractivity contribution in [3.05, 3.63) is 34.3 Å². The van der Waals surface area contributed by atoms with Gasteiger partial charge in [-0.2, -0.15) is 0 Å². The molecule has 0 aromatic carbocycles. The Balaban J connectivity index is 2.66. The quantitative estimate of drug-likeness (QED) is 0.187. The minimum Gasteiger partial charge on any atom is -0.390 e. The van der Waals surface area contributed by atoms with Crippen LogP contribution in [0.4, 0.5) is 5.82 Å². The molecule has 1 heterocycles. The summed E-state index contributed by atoms with van der Waals surface area (Å²) in [4.78, 5) is 6.55. The van der Waals surface area contributed by atoms with E-state index < -0.39 is 12.2 Å². The first-order valence-corrected chi connectivity index (χ1v) is 4.99. The fourth-order valence-corrected chi connectivity index (χ4v) is 1.29. The molecule has 8 heteroatoms. The van der Waals surface area contributed by atoms with E-state index in [4.69, 9.17) is 11.4 Å². The van der Waals surface area contributed by atoms with Gasteiger partial charge in [-0.05, 0) is 24.1 Å². The minimum absolute atomic E-state index is 0.115.